The predicted octanol–water partition coefficient (Wildman–Crippen LogP) is -0.446. The Labute approximate surface area is 54.6 Å². The van der Waals surface area contributed by atoms with E-state index < -0.39 is 21.2 Å². The zero-order valence-electron chi connectivity index (χ0n) is 5.24. The maximum atomic E-state index is 10.8. The highest BCUT2D eigenvalue weighted by molar-refractivity contribution is 7.92. The lowest BCUT2D eigenvalue weighted by Crippen LogP contribution is -2.21. The van der Waals surface area contributed by atoms with Crippen LogP contribution in [-0.4, -0.2) is 30.6 Å². The van der Waals surface area contributed by atoms with Gasteiger partial charge in [-0.2, -0.15) is 0 Å². The Morgan fingerprint density at radius 2 is 2.11 bits per heavy atom. The van der Waals surface area contributed by atoms with E-state index in [4.69, 9.17) is 5.11 Å². The summed E-state index contributed by atoms with van der Waals surface area (Å²) in [4.78, 5) is 0. The molecule has 0 saturated carbocycles. The molecular formula is C5H10O3S. The van der Waals surface area contributed by atoms with Gasteiger partial charge in [-0.15, -0.1) is 0 Å². The van der Waals surface area contributed by atoms with Crippen molar-refractivity contribution in [1.29, 1.82) is 0 Å². The van der Waals surface area contributed by atoms with E-state index in [1.165, 1.54) is 0 Å². The molecule has 1 saturated heterocycles. The highest BCUT2D eigenvalue weighted by Crippen LogP contribution is 2.19. The van der Waals surface area contributed by atoms with Crippen LogP contribution in [0, 0.1) is 0 Å². The molecule has 1 aliphatic rings. The van der Waals surface area contributed by atoms with Gasteiger partial charge in [-0.1, -0.05) is 0 Å². The number of aliphatic hydroxyl groups is 1. The summed E-state index contributed by atoms with van der Waals surface area (Å²) in [6.45, 7) is 1.55. The second-order valence-electron chi connectivity index (χ2n) is 2.43. The Hall–Kier alpha value is -0.0900. The van der Waals surface area contributed by atoms with Crippen LogP contribution in [0.15, 0.2) is 0 Å². The van der Waals surface area contributed by atoms with Crippen molar-refractivity contribution < 1.29 is 13.5 Å². The van der Waals surface area contributed by atoms with E-state index in [9.17, 15) is 8.42 Å². The SMILES string of the molecule is C[C@H]1[C@@H](O)CCS1(=O)=O. The van der Waals surface area contributed by atoms with Crippen LogP contribution >= 0.6 is 0 Å². The van der Waals surface area contributed by atoms with E-state index in [1.54, 1.807) is 6.92 Å². The fraction of sp³-hybridized carbons (Fsp3) is 1.00. The highest BCUT2D eigenvalue weighted by Gasteiger charge is 2.34. The molecule has 0 aliphatic carbocycles. The molecule has 0 aromatic heterocycles. The van der Waals surface area contributed by atoms with Crippen molar-refractivity contribution in [1.82, 2.24) is 0 Å². The zero-order valence-corrected chi connectivity index (χ0v) is 6.06. The Morgan fingerprint density at radius 1 is 1.56 bits per heavy atom. The Bertz CT molecular complexity index is 194. The molecule has 1 fully saturated rings. The van der Waals surface area contributed by atoms with Crippen LogP contribution in [-0.2, 0) is 9.84 Å². The van der Waals surface area contributed by atoms with Gasteiger partial charge in [-0.05, 0) is 13.3 Å². The molecule has 4 heteroatoms. The van der Waals surface area contributed by atoms with Crippen molar-refractivity contribution in [2.45, 2.75) is 24.7 Å². The average molecular weight is 150 g/mol. The van der Waals surface area contributed by atoms with E-state index in [1.807, 2.05) is 0 Å². The van der Waals surface area contributed by atoms with Crippen molar-refractivity contribution in [2.75, 3.05) is 5.75 Å². The van der Waals surface area contributed by atoms with Gasteiger partial charge in [0.05, 0.1) is 17.1 Å². The number of sulfone groups is 1. The van der Waals surface area contributed by atoms with Gasteiger partial charge in [0.2, 0.25) is 0 Å². The summed E-state index contributed by atoms with van der Waals surface area (Å²) in [6.07, 6.45) is -0.223. The molecule has 1 aliphatic heterocycles. The minimum atomic E-state index is -2.92. The van der Waals surface area contributed by atoms with Gasteiger partial charge in [-0.3, -0.25) is 0 Å². The third kappa shape index (κ3) is 1.09. The van der Waals surface area contributed by atoms with E-state index in [2.05, 4.69) is 0 Å². The molecule has 0 spiro atoms. The molecule has 0 aromatic carbocycles. The van der Waals surface area contributed by atoms with E-state index >= 15 is 0 Å². The fourth-order valence-electron chi connectivity index (χ4n) is 0.945. The number of hydrogen-bond acceptors (Lipinski definition) is 3. The monoisotopic (exact) mass is 150 g/mol. The number of hydrogen-bond donors (Lipinski definition) is 1. The summed E-state index contributed by atoms with van der Waals surface area (Å²) in [6, 6.07) is 0. The molecule has 0 amide bonds. The van der Waals surface area contributed by atoms with Crippen LogP contribution in [0.3, 0.4) is 0 Å². The normalized spacial score (nSPS) is 41.1. The van der Waals surface area contributed by atoms with Gasteiger partial charge in [-0.25, -0.2) is 8.42 Å². The van der Waals surface area contributed by atoms with Gasteiger partial charge in [0.1, 0.15) is 0 Å². The molecule has 1 rings (SSSR count). The number of rotatable bonds is 0. The molecule has 3 nitrogen and oxygen atoms in total. The summed E-state index contributed by atoms with van der Waals surface area (Å²) in [5.74, 6) is 0.148. The summed E-state index contributed by atoms with van der Waals surface area (Å²) in [5.41, 5.74) is 0. The lowest BCUT2D eigenvalue weighted by molar-refractivity contribution is 0.179. The van der Waals surface area contributed by atoms with Crippen LogP contribution in [0.4, 0.5) is 0 Å². The third-order valence-corrected chi connectivity index (χ3v) is 4.06. The summed E-state index contributed by atoms with van der Waals surface area (Å²) in [7, 11) is -2.92. The minimum Gasteiger partial charge on any atom is -0.392 e. The second-order valence-corrected chi connectivity index (χ2v) is 4.91. The first-order valence-corrected chi connectivity index (χ1v) is 4.65. The van der Waals surface area contributed by atoms with E-state index in [0.29, 0.717) is 6.42 Å². The molecule has 54 valence electrons. The van der Waals surface area contributed by atoms with Gasteiger partial charge in [0.15, 0.2) is 9.84 Å². The van der Waals surface area contributed by atoms with Gasteiger partial charge >= 0.3 is 0 Å². The Balaban J connectivity index is 2.87. The smallest absolute Gasteiger partial charge is 0.155 e. The first-order valence-electron chi connectivity index (χ1n) is 2.93. The molecule has 0 bridgehead atoms. The van der Waals surface area contributed by atoms with Gasteiger partial charge < -0.3 is 5.11 Å². The quantitative estimate of drug-likeness (QED) is 0.509. The predicted molar refractivity (Wildman–Crippen MR) is 33.9 cm³/mol. The summed E-state index contributed by atoms with van der Waals surface area (Å²) >= 11 is 0. The molecule has 1 N–H and O–H groups in total. The standard InChI is InChI=1S/C5H10O3S/c1-4-5(6)2-3-9(4,7)8/h4-6H,2-3H2,1H3/t4-,5-/m0/s1. The molecule has 2 atom stereocenters. The van der Waals surface area contributed by atoms with Crippen molar-refractivity contribution in [2.24, 2.45) is 0 Å². The molecule has 0 radical (unpaired) electrons. The van der Waals surface area contributed by atoms with E-state index in [0.717, 1.165) is 0 Å². The van der Waals surface area contributed by atoms with Crippen molar-refractivity contribution in [3.8, 4) is 0 Å². The Morgan fingerprint density at radius 3 is 2.22 bits per heavy atom. The average Bonchev–Trinajstić information content (AvgIpc) is 1.97. The van der Waals surface area contributed by atoms with Crippen molar-refractivity contribution >= 4 is 9.84 Å². The molecule has 9 heavy (non-hydrogen) atoms. The van der Waals surface area contributed by atoms with E-state index in [-0.39, 0.29) is 5.75 Å². The van der Waals surface area contributed by atoms with Gasteiger partial charge in [0.25, 0.3) is 0 Å². The largest absolute Gasteiger partial charge is 0.392 e. The molecule has 0 unspecified atom stereocenters. The summed E-state index contributed by atoms with van der Waals surface area (Å²) < 4.78 is 21.6. The Kier molecular flexibility index (Phi) is 1.52. The van der Waals surface area contributed by atoms with Crippen LogP contribution < -0.4 is 0 Å². The van der Waals surface area contributed by atoms with Crippen LogP contribution in [0.25, 0.3) is 0 Å². The minimum absolute atomic E-state index is 0.148. The zero-order chi connectivity index (χ0) is 7.07. The van der Waals surface area contributed by atoms with Crippen molar-refractivity contribution in [3.63, 3.8) is 0 Å². The lowest BCUT2D eigenvalue weighted by atomic mass is 10.2. The number of aliphatic hydroxyl groups excluding tert-OH is 1. The highest BCUT2D eigenvalue weighted by atomic mass is 32.2. The first-order chi connectivity index (χ1) is 4.04. The van der Waals surface area contributed by atoms with Crippen molar-refractivity contribution in [3.05, 3.63) is 0 Å². The maximum Gasteiger partial charge on any atom is 0.155 e. The third-order valence-electron chi connectivity index (χ3n) is 1.81. The fourth-order valence-corrected chi connectivity index (χ4v) is 2.50. The van der Waals surface area contributed by atoms with Crippen LogP contribution in [0.2, 0.25) is 0 Å². The molecule has 0 aromatic rings. The van der Waals surface area contributed by atoms with Gasteiger partial charge in [0, 0.05) is 0 Å². The summed E-state index contributed by atoms with van der Waals surface area (Å²) in [5, 5.41) is 8.41. The maximum absolute atomic E-state index is 10.8. The van der Waals surface area contributed by atoms with Crippen LogP contribution in [0.1, 0.15) is 13.3 Å². The first kappa shape index (κ1) is 7.02. The molecular weight excluding hydrogens is 140 g/mol. The molecule has 1 heterocycles. The second kappa shape index (κ2) is 1.95. The van der Waals surface area contributed by atoms with Crippen LogP contribution in [0.5, 0.6) is 0 Å². The lowest BCUT2D eigenvalue weighted by Gasteiger charge is -2.04. The topological polar surface area (TPSA) is 54.4 Å².